The van der Waals surface area contributed by atoms with Gasteiger partial charge in [-0.2, -0.15) is 0 Å². The molecule has 0 rings (SSSR count). The van der Waals surface area contributed by atoms with E-state index in [1.807, 2.05) is 0 Å². The molecule has 94 valence electrons. The van der Waals surface area contributed by atoms with Crippen molar-refractivity contribution < 1.29 is 24.2 Å². The van der Waals surface area contributed by atoms with Crippen molar-refractivity contribution in [2.75, 3.05) is 27.4 Å². The Balaban J connectivity index is 4.70. The first-order valence-electron chi connectivity index (χ1n) is 5.01. The Kier molecular flexibility index (Phi) is 6.67. The van der Waals surface area contributed by atoms with E-state index < -0.39 is 24.0 Å². The normalized spacial score (nSPS) is 14.4. The Bertz CT molecular complexity index is 221. The summed E-state index contributed by atoms with van der Waals surface area (Å²) in [5.74, 6) is -0.909. The highest BCUT2D eigenvalue weighted by Gasteiger charge is 2.30. The monoisotopic (exact) mass is 233 g/mol. The van der Waals surface area contributed by atoms with Crippen molar-refractivity contribution in [2.24, 2.45) is 0 Å². The third-order valence-corrected chi connectivity index (χ3v) is 2.44. The summed E-state index contributed by atoms with van der Waals surface area (Å²) in [6.07, 6.45) is 0. The molecule has 0 aliphatic heterocycles. The summed E-state index contributed by atoms with van der Waals surface area (Å²) in [6, 6.07) is -1.21. The maximum absolute atomic E-state index is 11.3. The summed E-state index contributed by atoms with van der Waals surface area (Å²) in [5, 5.41) is 8.90. The first-order valence-corrected chi connectivity index (χ1v) is 5.01. The van der Waals surface area contributed by atoms with Gasteiger partial charge < -0.3 is 14.6 Å². The van der Waals surface area contributed by atoms with Crippen molar-refractivity contribution >= 4 is 11.9 Å². The molecule has 6 nitrogen and oxygen atoms in total. The van der Waals surface area contributed by atoms with Crippen molar-refractivity contribution in [2.45, 2.75) is 25.9 Å². The number of ether oxygens (including phenoxy) is 2. The number of nitrogens with zero attached hydrogens (tertiary/aromatic N) is 1. The lowest BCUT2D eigenvalue weighted by Crippen LogP contribution is -2.49. The van der Waals surface area contributed by atoms with Crippen LogP contribution >= 0.6 is 0 Å². The lowest BCUT2D eigenvalue weighted by molar-refractivity contribution is -0.153. The third-order valence-electron chi connectivity index (χ3n) is 2.44. The van der Waals surface area contributed by atoms with E-state index in [1.54, 1.807) is 13.8 Å². The van der Waals surface area contributed by atoms with Crippen LogP contribution in [0.5, 0.6) is 0 Å². The summed E-state index contributed by atoms with van der Waals surface area (Å²) in [4.78, 5) is 24.2. The van der Waals surface area contributed by atoms with Crippen molar-refractivity contribution in [3.63, 3.8) is 0 Å². The van der Waals surface area contributed by atoms with Crippen molar-refractivity contribution in [3.8, 4) is 0 Å². The molecule has 2 atom stereocenters. The predicted octanol–water partition coefficient (Wildman–Crippen LogP) is -0.596. The van der Waals surface area contributed by atoms with Gasteiger partial charge in [-0.15, -0.1) is 0 Å². The summed E-state index contributed by atoms with van der Waals surface area (Å²) < 4.78 is 9.18. The van der Waals surface area contributed by atoms with Gasteiger partial charge in [0, 0.05) is 6.54 Å². The van der Waals surface area contributed by atoms with Crippen LogP contribution in [0.1, 0.15) is 13.8 Å². The number of methoxy groups -OCH3 is 2. The third kappa shape index (κ3) is 3.79. The Labute approximate surface area is 95.1 Å². The Morgan fingerprint density at radius 2 is 1.50 bits per heavy atom. The highest BCUT2D eigenvalue weighted by Crippen LogP contribution is 2.08. The number of hydrogen-bond acceptors (Lipinski definition) is 6. The fourth-order valence-electron chi connectivity index (χ4n) is 1.45. The van der Waals surface area contributed by atoms with Crippen molar-refractivity contribution in [3.05, 3.63) is 0 Å². The summed E-state index contributed by atoms with van der Waals surface area (Å²) >= 11 is 0. The second kappa shape index (κ2) is 7.19. The number of carbonyl (C=O) groups is 2. The standard InChI is InChI=1S/C10H19NO5/c1-7(9(13)15-3)11(5-6-12)8(2)10(14)16-4/h7-8,12H,5-6H2,1-4H3. The van der Waals surface area contributed by atoms with Crippen LogP contribution in [0.4, 0.5) is 0 Å². The SMILES string of the molecule is COC(=O)C(C)N(CCO)C(C)C(=O)OC. The average molecular weight is 233 g/mol. The van der Waals surface area contributed by atoms with Gasteiger partial charge in [0.1, 0.15) is 12.1 Å². The smallest absolute Gasteiger partial charge is 0.322 e. The predicted molar refractivity (Wildman–Crippen MR) is 56.7 cm³/mol. The molecule has 2 unspecified atom stereocenters. The van der Waals surface area contributed by atoms with Gasteiger partial charge in [-0.25, -0.2) is 0 Å². The molecule has 0 fully saturated rings. The van der Waals surface area contributed by atoms with Crippen molar-refractivity contribution in [1.82, 2.24) is 4.90 Å². The summed E-state index contributed by atoms with van der Waals surface area (Å²) in [6.45, 7) is 3.27. The molecule has 1 N–H and O–H groups in total. The molecule has 0 radical (unpaired) electrons. The van der Waals surface area contributed by atoms with E-state index in [4.69, 9.17) is 5.11 Å². The number of aliphatic hydroxyl groups excluding tert-OH is 1. The van der Waals surface area contributed by atoms with Gasteiger partial charge in [-0.05, 0) is 13.8 Å². The van der Waals surface area contributed by atoms with E-state index in [-0.39, 0.29) is 13.2 Å². The van der Waals surface area contributed by atoms with Crippen LogP contribution < -0.4 is 0 Å². The molecule has 0 aromatic rings. The lowest BCUT2D eigenvalue weighted by atomic mass is 10.2. The second-order valence-electron chi connectivity index (χ2n) is 3.36. The molecule has 16 heavy (non-hydrogen) atoms. The van der Waals surface area contributed by atoms with E-state index in [9.17, 15) is 9.59 Å². The van der Waals surface area contributed by atoms with Gasteiger partial charge in [-0.3, -0.25) is 14.5 Å². The first-order chi connectivity index (χ1) is 7.49. The largest absolute Gasteiger partial charge is 0.468 e. The zero-order valence-corrected chi connectivity index (χ0v) is 10.1. The van der Waals surface area contributed by atoms with Crippen LogP contribution in [-0.4, -0.2) is 61.4 Å². The molecule has 0 amide bonds. The molecule has 0 aliphatic rings. The summed E-state index contributed by atoms with van der Waals surface area (Å²) in [7, 11) is 2.55. The zero-order valence-electron chi connectivity index (χ0n) is 10.1. The Hall–Kier alpha value is -1.14. The molecular formula is C10H19NO5. The fraction of sp³-hybridized carbons (Fsp3) is 0.800. The van der Waals surface area contributed by atoms with Gasteiger partial charge in [0.25, 0.3) is 0 Å². The van der Waals surface area contributed by atoms with E-state index in [0.717, 1.165) is 0 Å². The number of esters is 2. The molecule has 0 saturated heterocycles. The fourth-order valence-corrected chi connectivity index (χ4v) is 1.45. The van der Waals surface area contributed by atoms with Crippen LogP contribution in [0.3, 0.4) is 0 Å². The quantitative estimate of drug-likeness (QED) is 0.618. The van der Waals surface area contributed by atoms with Gasteiger partial charge in [-0.1, -0.05) is 0 Å². The van der Waals surface area contributed by atoms with E-state index in [2.05, 4.69) is 9.47 Å². The van der Waals surface area contributed by atoms with Gasteiger partial charge in [0.05, 0.1) is 20.8 Å². The maximum atomic E-state index is 11.3. The molecule has 0 aromatic carbocycles. The van der Waals surface area contributed by atoms with Crippen molar-refractivity contribution in [1.29, 1.82) is 0 Å². The summed E-state index contributed by atoms with van der Waals surface area (Å²) in [5.41, 5.74) is 0. The van der Waals surface area contributed by atoms with E-state index in [0.29, 0.717) is 0 Å². The Morgan fingerprint density at radius 3 is 1.75 bits per heavy atom. The molecule has 6 heteroatoms. The topological polar surface area (TPSA) is 76.1 Å². The highest BCUT2D eigenvalue weighted by atomic mass is 16.5. The zero-order chi connectivity index (χ0) is 12.7. The van der Waals surface area contributed by atoms with E-state index >= 15 is 0 Å². The number of rotatable bonds is 6. The van der Waals surface area contributed by atoms with Gasteiger partial charge in [0.15, 0.2) is 0 Å². The molecular weight excluding hydrogens is 214 g/mol. The molecule has 0 spiro atoms. The van der Waals surface area contributed by atoms with Gasteiger partial charge >= 0.3 is 11.9 Å². The molecule has 0 saturated carbocycles. The molecule has 0 aromatic heterocycles. The Morgan fingerprint density at radius 1 is 1.12 bits per heavy atom. The highest BCUT2D eigenvalue weighted by molar-refractivity contribution is 5.79. The molecule has 0 heterocycles. The second-order valence-corrected chi connectivity index (χ2v) is 3.36. The minimum Gasteiger partial charge on any atom is -0.468 e. The van der Waals surface area contributed by atoms with Crippen LogP contribution in [0.25, 0.3) is 0 Å². The van der Waals surface area contributed by atoms with Crippen LogP contribution in [0.2, 0.25) is 0 Å². The minimum atomic E-state index is -0.605. The van der Waals surface area contributed by atoms with Crippen LogP contribution in [0, 0.1) is 0 Å². The van der Waals surface area contributed by atoms with Crippen LogP contribution in [-0.2, 0) is 19.1 Å². The number of carbonyl (C=O) groups excluding carboxylic acids is 2. The lowest BCUT2D eigenvalue weighted by Gasteiger charge is -2.30. The first kappa shape index (κ1) is 14.9. The number of hydrogen-bond donors (Lipinski definition) is 1. The van der Waals surface area contributed by atoms with Gasteiger partial charge in [0.2, 0.25) is 0 Å². The van der Waals surface area contributed by atoms with Crippen LogP contribution in [0.15, 0.2) is 0 Å². The van der Waals surface area contributed by atoms with E-state index in [1.165, 1.54) is 19.1 Å². The molecule has 0 bridgehead atoms. The number of aliphatic hydroxyl groups is 1. The molecule has 0 aliphatic carbocycles. The maximum Gasteiger partial charge on any atom is 0.322 e. The average Bonchev–Trinajstić information content (AvgIpc) is 2.32. The minimum absolute atomic E-state index is 0.150.